The number of hydrogen-bond donors (Lipinski definition) is 1. The van der Waals surface area contributed by atoms with Crippen molar-refractivity contribution in [2.24, 2.45) is 0 Å². The summed E-state index contributed by atoms with van der Waals surface area (Å²) in [6.45, 7) is 10.6. The van der Waals surface area contributed by atoms with Crippen LogP contribution in [0.4, 0.5) is 0 Å². The van der Waals surface area contributed by atoms with E-state index >= 15 is 0 Å². The van der Waals surface area contributed by atoms with Gasteiger partial charge in [0.1, 0.15) is 0 Å². The number of piperazine rings is 1. The molecule has 0 aliphatic carbocycles. The molecular formula is C17H28N2. The van der Waals surface area contributed by atoms with Crippen molar-refractivity contribution in [2.45, 2.75) is 51.6 Å². The van der Waals surface area contributed by atoms with Gasteiger partial charge in [0.2, 0.25) is 0 Å². The van der Waals surface area contributed by atoms with Gasteiger partial charge in [0.05, 0.1) is 0 Å². The van der Waals surface area contributed by atoms with Crippen molar-refractivity contribution in [1.29, 1.82) is 0 Å². The van der Waals surface area contributed by atoms with Crippen LogP contribution in [0.15, 0.2) is 30.3 Å². The van der Waals surface area contributed by atoms with E-state index in [9.17, 15) is 0 Å². The Balaban J connectivity index is 1.90. The maximum absolute atomic E-state index is 3.60. The summed E-state index contributed by atoms with van der Waals surface area (Å²) in [6.07, 6.45) is 3.63. The maximum atomic E-state index is 3.60. The van der Waals surface area contributed by atoms with Gasteiger partial charge in [0.15, 0.2) is 0 Å². The zero-order valence-electron chi connectivity index (χ0n) is 12.7. The molecule has 106 valence electrons. The van der Waals surface area contributed by atoms with Gasteiger partial charge in [-0.2, -0.15) is 0 Å². The predicted octanol–water partition coefficient (Wildman–Crippen LogP) is 3.08. The third kappa shape index (κ3) is 4.05. The van der Waals surface area contributed by atoms with Gasteiger partial charge < -0.3 is 5.32 Å². The van der Waals surface area contributed by atoms with Crippen LogP contribution >= 0.6 is 0 Å². The van der Waals surface area contributed by atoms with Gasteiger partial charge in [-0.15, -0.1) is 0 Å². The first-order chi connectivity index (χ1) is 9.12. The number of hydrogen-bond acceptors (Lipinski definition) is 2. The van der Waals surface area contributed by atoms with Crippen LogP contribution in [0.1, 0.15) is 39.2 Å². The largest absolute Gasteiger partial charge is 0.311 e. The third-order valence-electron chi connectivity index (χ3n) is 4.47. The molecule has 1 aromatic carbocycles. The van der Waals surface area contributed by atoms with E-state index in [1.165, 1.54) is 37.9 Å². The highest BCUT2D eigenvalue weighted by Crippen LogP contribution is 2.23. The zero-order valence-corrected chi connectivity index (χ0v) is 12.7. The molecule has 1 heterocycles. The molecule has 2 nitrogen and oxygen atoms in total. The average Bonchev–Trinajstić information content (AvgIpc) is 2.46. The van der Waals surface area contributed by atoms with Gasteiger partial charge in [0.25, 0.3) is 0 Å². The van der Waals surface area contributed by atoms with Crippen molar-refractivity contribution in [2.75, 3.05) is 19.6 Å². The van der Waals surface area contributed by atoms with Crippen LogP contribution in [0, 0.1) is 0 Å². The monoisotopic (exact) mass is 260 g/mol. The summed E-state index contributed by atoms with van der Waals surface area (Å²) < 4.78 is 0. The van der Waals surface area contributed by atoms with E-state index in [1.54, 1.807) is 0 Å². The lowest BCUT2D eigenvalue weighted by atomic mass is 9.92. The van der Waals surface area contributed by atoms with E-state index in [-0.39, 0.29) is 0 Å². The average molecular weight is 260 g/mol. The summed E-state index contributed by atoms with van der Waals surface area (Å²) in [4.78, 5) is 2.67. The molecule has 1 aliphatic heterocycles. The Morgan fingerprint density at radius 2 is 2.00 bits per heavy atom. The van der Waals surface area contributed by atoms with Crippen molar-refractivity contribution in [3.8, 4) is 0 Å². The Bertz CT molecular complexity index is 372. The first-order valence-electron chi connectivity index (χ1n) is 7.64. The van der Waals surface area contributed by atoms with Crippen LogP contribution in [0.25, 0.3) is 0 Å². The van der Waals surface area contributed by atoms with Gasteiger partial charge in [0, 0.05) is 31.2 Å². The first kappa shape index (κ1) is 14.5. The Morgan fingerprint density at radius 1 is 1.26 bits per heavy atom. The number of nitrogens with zero attached hydrogens (tertiary/aromatic N) is 1. The highest BCUT2D eigenvalue weighted by molar-refractivity contribution is 5.15. The molecule has 1 unspecified atom stereocenters. The highest BCUT2D eigenvalue weighted by Gasteiger charge is 2.30. The van der Waals surface area contributed by atoms with E-state index in [1.807, 2.05) is 0 Å². The molecule has 2 rings (SSSR count). The number of aryl methyl sites for hydroxylation is 1. The molecule has 1 saturated heterocycles. The Hall–Kier alpha value is -0.860. The minimum absolute atomic E-state index is 0.297. The number of rotatable bonds is 5. The van der Waals surface area contributed by atoms with Crippen molar-refractivity contribution in [3.63, 3.8) is 0 Å². The maximum Gasteiger partial charge on any atom is 0.0193 e. The fraction of sp³-hybridized carbons (Fsp3) is 0.647. The van der Waals surface area contributed by atoms with Gasteiger partial charge in [-0.25, -0.2) is 0 Å². The summed E-state index contributed by atoms with van der Waals surface area (Å²) in [6, 6.07) is 11.5. The summed E-state index contributed by atoms with van der Waals surface area (Å²) in [5.41, 5.74) is 1.75. The Morgan fingerprint density at radius 3 is 2.68 bits per heavy atom. The number of nitrogens with one attached hydrogen (secondary N) is 1. The van der Waals surface area contributed by atoms with Gasteiger partial charge in [-0.05, 0) is 38.7 Å². The topological polar surface area (TPSA) is 15.3 Å². The molecule has 1 aromatic rings. The normalized spacial score (nSPS) is 21.5. The van der Waals surface area contributed by atoms with E-state index < -0.39 is 0 Å². The minimum Gasteiger partial charge on any atom is -0.311 e. The van der Waals surface area contributed by atoms with Crippen molar-refractivity contribution < 1.29 is 0 Å². The molecule has 0 aromatic heterocycles. The first-order valence-corrected chi connectivity index (χ1v) is 7.64. The molecule has 0 saturated carbocycles. The second kappa shape index (κ2) is 6.53. The smallest absolute Gasteiger partial charge is 0.0193 e. The molecule has 1 N–H and O–H groups in total. The molecular weight excluding hydrogens is 232 g/mol. The highest BCUT2D eigenvalue weighted by atomic mass is 15.2. The van der Waals surface area contributed by atoms with E-state index in [0.29, 0.717) is 11.6 Å². The lowest BCUT2D eigenvalue weighted by Crippen LogP contribution is -2.57. The second-order valence-corrected chi connectivity index (χ2v) is 6.30. The van der Waals surface area contributed by atoms with Gasteiger partial charge >= 0.3 is 0 Å². The van der Waals surface area contributed by atoms with Crippen molar-refractivity contribution in [1.82, 2.24) is 10.2 Å². The van der Waals surface area contributed by atoms with Crippen LogP contribution in [-0.2, 0) is 6.42 Å². The Labute approximate surface area is 118 Å². The van der Waals surface area contributed by atoms with Crippen LogP contribution < -0.4 is 5.32 Å². The molecule has 0 amide bonds. The van der Waals surface area contributed by atoms with Gasteiger partial charge in [-0.3, -0.25) is 4.90 Å². The molecule has 2 heteroatoms. The van der Waals surface area contributed by atoms with Crippen LogP contribution in [-0.4, -0.2) is 36.1 Å². The quantitative estimate of drug-likeness (QED) is 0.875. The second-order valence-electron chi connectivity index (χ2n) is 6.30. The molecule has 0 bridgehead atoms. The van der Waals surface area contributed by atoms with Gasteiger partial charge in [-0.1, -0.05) is 37.3 Å². The SMILES string of the molecule is CCC1CN(C(C)(C)CCc2ccccc2)CCN1. The van der Waals surface area contributed by atoms with Crippen LogP contribution in [0.3, 0.4) is 0 Å². The van der Waals surface area contributed by atoms with E-state index in [4.69, 9.17) is 0 Å². The summed E-state index contributed by atoms with van der Waals surface area (Å²) in [5, 5.41) is 3.60. The van der Waals surface area contributed by atoms with Crippen LogP contribution in [0.2, 0.25) is 0 Å². The third-order valence-corrected chi connectivity index (χ3v) is 4.47. The Kier molecular flexibility index (Phi) is 5.00. The summed E-state index contributed by atoms with van der Waals surface area (Å²) in [7, 11) is 0. The summed E-state index contributed by atoms with van der Waals surface area (Å²) >= 11 is 0. The molecule has 0 spiro atoms. The lowest BCUT2D eigenvalue weighted by molar-refractivity contribution is 0.0748. The molecule has 0 radical (unpaired) electrons. The predicted molar refractivity (Wildman–Crippen MR) is 82.5 cm³/mol. The standard InChI is InChI=1S/C17H28N2/c1-4-16-14-19(13-12-18-16)17(2,3)11-10-15-8-6-5-7-9-15/h5-9,16,18H,4,10-14H2,1-3H3. The molecule has 19 heavy (non-hydrogen) atoms. The van der Waals surface area contributed by atoms with Crippen molar-refractivity contribution in [3.05, 3.63) is 35.9 Å². The van der Waals surface area contributed by atoms with Crippen LogP contribution in [0.5, 0.6) is 0 Å². The van der Waals surface area contributed by atoms with E-state index in [2.05, 4.69) is 61.3 Å². The van der Waals surface area contributed by atoms with Crippen molar-refractivity contribution >= 4 is 0 Å². The molecule has 1 fully saturated rings. The fourth-order valence-corrected chi connectivity index (χ4v) is 2.90. The number of benzene rings is 1. The van der Waals surface area contributed by atoms with E-state index in [0.717, 1.165) is 6.54 Å². The minimum atomic E-state index is 0.297. The lowest BCUT2D eigenvalue weighted by Gasteiger charge is -2.44. The zero-order chi connectivity index (χ0) is 13.7. The fourth-order valence-electron chi connectivity index (χ4n) is 2.90. The molecule has 1 aliphatic rings. The molecule has 1 atom stereocenters. The summed E-state index contributed by atoms with van der Waals surface area (Å²) in [5.74, 6) is 0.